The van der Waals surface area contributed by atoms with Crippen LogP contribution in [0.4, 0.5) is 4.79 Å². The highest BCUT2D eigenvalue weighted by Crippen LogP contribution is 2.32. The van der Waals surface area contributed by atoms with Gasteiger partial charge in [-0.2, -0.15) is 0 Å². The SMILES string of the molecule is O=C1N/C(=C\c2ccc(-c3ccc(Cl)cc3Cl)o2)C(=O)N1Cc1ccc(Br)cc1. The highest BCUT2D eigenvalue weighted by Gasteiger charge is 2.33. The van der Waals surface area contributed by atoms with Gasteiger partial charge in [-0.15, -0.1) is 0 Å². The van der Waals surface area contributed by atoms with E-state index in [1.807, 2.05) is 24.3 Å². The molecule has 3 aromatic rings. The van der Waals surface area contributed by atoms with Crippen LogP contribution >= 0.6 is 39.1 Å². The molecule has 2 aromatic carbocycles. The third-order valence-corrected chi connectivity index (χ3v) is 5.40. The second-order valence-electron chi connectivity index (χ2n) is 6.33. The molecule has 2 heterocycles. The smallest absolute Gasteiger partial charge is 0.329 e. The molecule has 8 heteroatoms. The average molecular weight is 492 g/mol. The zero-order valence-corrected chi connectivity index (χ0v) is 17.9. The lowest BCUT2D eigenvalue weighted by Gasteiger charge is -2.11. The van der Waals surface area contributed by atoms with Crippen LogP contribution in [0.1, 0.15) is 11.3 Å². The van der Waals surface area contributed by atoms with E-state index in [9.17, 15) is 9.59 Å². The summed E-state index contributed by atoms with van der Waals surface area (Å²) in [5, 5.41) is 3.57. The predicted molar refractivity (Wildman–Crippen MR) is 115 cm³/mol. The molecule has 1 saturated heterocycles. The minimum atomic E-state index is -0.475. The maximum atomic E-state index is 12.6. The van der Waals surface area contributed by atoms with E-state index in [1.165, 1.54) is 6.08 Å². The number of benzene rings is 2. The fourth-order valence-electron chi connectivity index (χ4n) is 2.89. The van der Waals surface area contributed by atoms with Crippen LogP contribution in [0.3, 0.4) is 0 Å². The number of hydrogen-bond acceptors (Lipinski definition) is 3. The van der Waals surface area contributed by atoms with Crippen molar-refractivity contribution < 1.29 is 14.0 Å². The van der Waals surface area contributed by atoms with Crippen molar-refractivity contribution in [1.82, 2.24) is 10.2 Å². The van der Waals surface area contributed by atoms with Crippen LogP contribution in [0.2, 0.25) is 10.0 Å². The van der Waals surface area contributed by atoms with Crippen LogP contribution in [-0.2, 0) is 11.3 Å². The standard InChI is InChI=1S/C21H13BrCl2N2O3/c22-13-3-1-12(2-4-13)11-26-20(27)18(25-21(26)28)10-15-6-8-19(29-15)16-7-5-14(23)9-17(16)24/h1-10H,11H2,(H,25,28)/b18-10-. The Hall–Kier alpha value is -2.54. The van der Waals surface area contributed by atoms with Crippen molar-refractivity contribution in [2.24, 2.45) is 0 Å². The summed E-state index contributed by atoms with van der Waals surface area (Å²) >= 11 is 15.5. The average Bonchev–Trinajstić information content (AvgIpc) is 3.24. The molecule has 0 radical (unpaired) electrons. The highest BCUT2D eigenvalue weighted by molar-refractivity contribution is 9.10. The van der Waals surface area contributed by atoms with Crippen molar-refractivity contribution >= 4 is 57.1 Å². The van der Waals surface area contributed by atoms with E-state index >= 15 is 0 Å². The minimum Gasteiger partial charge on any atom is -0.457 e. The largest absolute Gasteiger partial charge is 0.457 e. The third kappa shape index (κ3) is 4.24. The van der Waals surface area contributed by atoms with E-state index in [4.69, 9.17) is 27.6 Å². The molecule has 1 N–H and O–H groups in total. The van der Waals surface area contributed by atoms with Gasteiger partial charge in [-0.1, -0.05) is 51.3 Å². The Bertz CT molecular complexity index is 1140. The van der Waals surface area contributed by atoms with Crippen molar-refractivity contribution in [3.05, 3.63) is 86.1 Å². The van der Waals surface area contributed by atoms with Crippen LogP contribution < -0.4 is 5.32 Å². The molecule has 4 rings (SSSR count). The first-order valence-electron chi connectivity index (χ1n) is 8.55. The molecule has 1 fully saturated rings. The van der Waals surface area contributed by atoms with Crippen LogP contribution in [0.15, 0.2) is 69.2 Å². The predicted octanol–water partition coefficient (Wildman–Crippen LogP) is 6.11. The van der Waals surface area contributed by atoms with E-state index in [0.717, 1.165) is 14.9 Å². The zero-order valence-electron chi connectivity index (χ0n) is 14.8. The Kier molecular flexibility index (Phi) is 5.50. The first-order chi connectivity index (χ1) is 13.9. The summed E-state index contributed by atoms with van der Waals surface area (Å²) in [7, 11) is 0. The van der Waals surface area contributed by atoms with Crippen LogP contribution in [0.5, 0.6) is 0 Å². The van der Waals surface area contributed by atoms with Crippen molar-refractivity contribution in [2.75, 3.05) is 0 Å². The Labute approximate surface area is 185 Å². The molecule has 29 heavy (non-hydrogen) atoms. The highest BCUT2D eigenvalue weighted by atomic mass is 79.9. The number of rotatable bonds is 4. The van der Waals surface area contributed by atoms with Crippen molar-refractivity contribution in [2.45, 2.75) is 6.54 Å². The molecule has 3 amide bonds. The summed E-state index contributed by atoms with van der Waals surface area (Å²) in [4.78, 5) is 26.0. The number of amides is 3. The molecule has 0 atom stereocenters. The molecule has 0 unspecified atom stereocenters. The summed E-state index contributed by atoms with van der Waals surface area (Å²) in [5.41, 5.74) is 1.67. The molecule has 0 aliphatic carbocycles. The van der Waals surface area contributed by atoms with Gasteiger partial charge >= 0.3 is 6.03 Å². The Balaban J connectivity index is 1.54. The first kappa shape index (κ1) is 19.8. The van der Waals surface area contributed by atoms with Crippen LogP contribution in [0.25, 0.3) is 17.4 Å². The number of carbonyl (C=O) groups is 2. The van der Waals surface area contributed by atoms with Gasteiger partial charge in [0, 0.05) is 21.1 Å². The second kappa shape index (κ2) is 8.06. The number of imide groups is 1. The van der Waals surface area contributed by atoms with Crippen molar-refractivity contribution in [3.8, 4) is 11.3 Å². The zero-order chi connectivity index (χ0) is 20.5. The normalized spacial score (nSPS) is 15.3. The molecule has 0 spiro atoms. The quantitative estimate of drug-likeness (QED) is 0.353. The topological polar surface area (TPSA) is 62.6 Å². The van der Waals surface area contributed by atoms with E-state index in [2.05, 4.69) is 21.2 Å². The molecule has 0 saturated carbocycles. The molecular weight excluding hydrogens is 479 g/mol. The van der Waals surface area contributed by atoms with E-state index in [-0.39, 0.29) is 12.2 Å². The van der Waals surface area contributed by atoms with Crippen molar-refractivity contribution in [1.29, 1.82) is 0 Å². The third-order valence-electron chi connectivity index (χ3n) is 4.33. The monoisotopic (exact) mass is 490 g/mol. The van der Waals surface area contributed by atoms with E-state index < -0.39 is 11.9 Å². The van der Waals surface area contributed by atoms with Gasteiger partial charge in [0.2, 0.25) is 0 Å². The number of nitrogens with one attached hydrogen (secondary N) is 1. The maximum Gasteiger partial charge on any atom is 0.329 e. The maximum absolute atomic E-state index is 12.6. The number of halogens is 3. The number of furan rings is 1. The Morgan fingerprint density at radius 1 is 1.03 bits per heavy atom. The van der Waals surface area contributed by atoms with Gasteiger partial charge < -0.3 is 9.73 Å². The summed E-state index contributed by atoms with van der Waals surface area (Å²) in [6, 6.07) is 15.5. The van der Waals surface area contributed by atoms with E-state index in [1.54, 1.807) is 30.3 Å². The molecule has 146 valence electrons. The number of urea groups is 1. The van der Waals surface area contributed by atoms with Gasteiger partial charge in [0.1, 0.15) is 17.2 Å². The molecule has 1 aromatic heterocycles. The van der Waals surface area contributed by atoms with Gasteiger partial charge in [-0.25, -0.2) is 4.79 Å². The first-order valence-corrected chi connectivity index (χ1v) is 10.1. The Morgan fingerprint density at radius 3 is 2.52 bits per heavy atom. The lowest BCUT2D eigenvalue weighted by atomic mass is 10.2. The lowest BCUT2D eigenvalue weighted by molar-refractivity contribution is -0.123. The summed E-state index contributed by atoms with van der Waals surface area (Å²) in [6.07, 6.45) is 1.50. The fourth-order valence-corrected chi connectivity index (χ4v) is 3.66. The van der Waals surface area contributed by atoms with Gasteiger partial charge in [0.15, 0.2) is 0 Å². The molecular formula is C21H13BrCl2N2O3. The number of carbonyl (C=O) groups excluding carboxylic acids is 2. The number of nitrogens with zero attached hydrogens (tertiary/aromatic N) is 1. The molecule has 1 aliphatic heterocycles. The Morgan fingerprint density at radius 2 is 1.79 bits per heavy atom. The van der Waals surface area contributed by atoms with Gasteiger partial charge in [0.25, 0.3) is 5.91 Å². The van der Waals surface area contributed by atoms with Gasteiger partial charge in [-0.3, -0.25) is 9.69 Å². The summed E-state index contributed by atoms with van der Waals surface area (Å²) in [6.45, 7) is 0.180. The minimum absolute atomic E-state index is 0.148. The van der Waals surface area contributed by atoms with Crippen LogP contribution in [0, 0.1) is 0 Å². The van der Waals surface area contributed by atoms with Gasteiger partial charge in [-0.05, 0) is 48.0 Å². The molecule has 5 nitrogen and oxygen atoms in total. The molecule has 1 aliphatic rings. The second-order valence-corrected chi connectivity index (χ2v) is 8.09. The van der Waals surface area contributed by atoms with Crippen molar-refractivity contribution in [3.63, 3.8) is 0 Å². The fraction of sp³-hybridized carbons (Fsp3) is 0.0476. The lowest BCUT2D eigenvalue weighted by Crippen LogP contribution is -2.30. The number of hydrogen-bond donors (Lipinski definition) is 1. The van der Waals surface area contributed by atoms with E-state index in [0.29, 0.717) is 27.1 Å². The summed E-state index contributed by atoms with van der Waals surface area (Å²) < 4.78 is 6.70. The van der Waals surface area contributed by atoms with Crippen LogP contribution in [-0.4, -0.2) is 16.8 Å². The van der Waals surface area contributed by atoms with Gasteiger partial charge in [0.05, 0.1) is 11.6 Å². The summed E-state index contributed by atoms with van der Waals surface area (Å²) in [5.74, 6) is 0.530. The molecule has 0 bridgehead atoms.